The van der Waals surface area contributed by atoms with E-state index in [0.717, 1.165) is 24.8 Å². The molecule has 0 aliphatic carbocycles. The third-order valence-electron chi connectivity index (χ3n) is 6.95. The summed E-state index contributed by atoms with van der Waals surface area (Å²) in [5.41, 5.74) is 1.79. The zero-order valence-electron chi connectivity index (χ0n) is 24.7. The standard InChI is InChI=1S/C33H31Cl2N3O5S2/c1-3-5-16-43-25-8-6-7-21(17-25)28-27(29(39)20-10-13-24(14-11-20)42-15-4-2)30(40)31(41)38(28)32-36-37-33(45-32)44-19-22-9-12-23(34)18-26(22)35/h6-14,17-18,28,39H,3-5,15-16,19H2,1-2H3. The van der Waals surface area contributed by atoms with Crippen LogP contribution in [0.4, 0.5) is 5.13 Å². The highest BCUT2D eigenvalue weighted by atomic mass is 35.5. The van der Waals surface area contributed by atoms with Gasteiger partial charge in [0.25, 0.3) is 5.78 Å². The van der Waals surface area contributed by atoms with Crippen LogP contribution >= 0.6 is 46.3 Å². The van der Waals surface area contributed by atoms with Gasteiger partial charge in [-0.05, 0) is 72.5 Å². The van der Waals surface area contributed by atoms with Crippen molar-refractivity contribution >= 4 is 68.9 Å². The number of hydrogen-bond acceptors (Lipinski definition) is 9. The number of Topliss-reactive ketones (excluding diaryl/α,β-unsaturated/α-hetero) is 1. The summed E-state index contributed by atoms with van der Waals surface area (Å²) in [5.74, 6) is -0.189. The normalized spacial score (nSPS) is 15.9. The van der Waals surface area contributed by atoms with Gasteiger partial charge in [-0.15, -0.1) is 10.2 Å². The molecule has 1 N–H and O–H groups in total. The first-order chi connectivity index (χ1) is 21.8. The zero-order valence-corrected chi connectivity index (χ0v) is 27.8. The number of aliphatic hydroxyl groups excluding tert-OH is 1. The molecule has 2 heterocycles. The molecule has 1 amide bonds. The van der Waals surface area contributed by atoms with Crippen molar-refractivity contribution in [2.45, 2.75) is 49.2 Å². The Bertz CT molecular complexity index is 1710. The van der Waals surface area contributed by atoms with E-state index in [2.05, 4.69) is 17.1 Å². The molecule has 1 aliphatic rings. The minimum absolute atomic E-state index is 0.0507. The van der Waals surface area contributed by atoms with Crippen molar-refractivity contribution < 1.29 is 24.2 Å². The lowest BCUT2D eigenvalue weighted by Gasteiger charge is -2.23. The van der Waals surface area contributed by atoms with E-state index in [4.69, 9.17) is 32.7 Å². The van der Waals surface area contributed by atoms with Crippen LogP contribution in [0.15, 0.2) is 76.6 Å². The first kappa shape index (κ1) is 32.8. The number of hydrogen-bond donors (Lipinski definition) is 1. The van der Waals surface area contributed by atoms with Gasteiger partial charge in [0.05, 0.1) is 24.8 Å². The molecule has 1 fully saturated rings. The molecular formula is C33H31Cl2N3O5S2. The average molecular weight is 685 g/mol. The number of amides is 1. The van der Waals surface area contributed by atoms with Gasteiger partial charge in [0.15, 0.2) is 4.34 Å². The third kappa shape index (κ3) is 7.64. The van der Waals surface area contributed by atoms with Gasteiger partial charge in [0.1, 0.15) is 17.3 Å². The third-order valence-corrected chi connectivity index (χ3v) is 9.65. The van der Waals surface area contributed by atoms with Crippen LogP contribution in [0.1, 0.15) is 55.8 Å². The van der Waals surface area contributed by atoms with E-state index in [1.165, 1.54) is 28.0 Å². The molecule has 0 spiro atoms. The lowest BCUT2D eigenvalue weighted by Crippen LogP contribution is -2.29. The van der Waals surface area contributed by atoms with Gasteiger partial charge in [-0.3, -0.25) is 14.5 Å². The van der Waals surface area contributed by atoms with Crippen molar-refractivity contribution in [2.75, 3.05) is 18.1 Å². The van der Waals surface area contributed by atoms with Gasteiger partial charge < -0.3 is 14.6 Å². The van der Waals surface area contributed by atoms with E-state index in [1.807, 2.05) is 19.1 Å². The summed E-state index contributed by atoms with van der Waals surface area (Å²) in [6, 6.07) is 18.3. The number of carbonyl (C=O) groups is 2. The second-order valence-electron chi connectivity index (χ2n) is 10.2. The van der Waals surface area contributed by atoms with Crippen LogP contribution in [0.25, 0.3) is 5.76 Å². The van der Waals surface area contributed by atoms with E-state index < -0.39 is 17.7 Å². The molecule has 12 heteroatoms. The quantitative estimate of drug-likeness (QED) is 0.0373. The number of rotatable bonds is 13. The second-order valence-corrected chi connectivity index (χ2v) is 13.2. The van der Waals surface area contributed by atoms with Crippen LogP contribution in [0, 0.1) is 0 Å². The predicted molar refractivity (Wildman–Crippen MR) is 180 cm³/mol. The highest BCUT2D eigenvalue weighted by Gasteiger charge is 2.48. The Morgan fingerprint density at radius 1 is 0.956 bits per heavy atom. The van der Waals surface area contributed by atoms with Crippen molar-refractivity contribution in [3.05, 3.63) is 99.0 Å². The highest BCUT2D eigenvalue weighted by Crippen LogP contribution is 2.45. The van der Waals surface area contributed by atoms with E-state index in [1.54, 1.807) is 54.6 Å². The van der Waals surface area contributed by atoms with E-state index in [0.29, 0.717) is 56.0 Å². The van der Waals surface area contributed by atoms with Crippen LogP contribution in [0.5, 0.6) is 11.5 Å². The Hall–Kier alpha value is -3.57. The van der Waals surface area contributed by atoms with Gasteiger partial charge in [-0.1, -0.05) is 84.8 Å². The van der Waals surface area contributed by atoms with Crippen molar-refractivity contribution in [3.63, 3.8) is 0 Å². The van der Waals surface area contributed by atoms with Crippen molar-refractivity contribution in [2.24, 2.45) is 0 Å². The molecular weight excluding hydrogens is 653 g/mol. The van der Waals surface area contributed by atoms with Gasteiger partial charge >= 0.3 is 5.91 Å². The number of nitrogens with zero attached hydrogens (tertiary/aromatic N) is 3. The molecule has 1 saturated heterocycles. The van der Waals surface area contributed by atoms with Gasteiger partial charge in [0, 0.05) is 21.4 Å². The fourth-order valence-electron chi connectivity index (χ4n) is 4.67. The molecule has 45 heavy (non-hydrogen) atoms. The second kappa shape index (κ2) is 15.1. The highest BCUT2D eigenvalue weighted by molar-refractivity contribution is 8.00. The Balaban J connectivity index is 1.51. The number of benzene rings is 3. The number of thioether (sulfide) groups is 1. The molecule has 3 aromatic carbocycles. The molecule has 1 atom stereocenters. The Morgan fingerprint density at radius 2 is 1.73 bits per heavy atom. The molecule has 4 aromatic rings. The summed E-state index contributed by atoms with van der Waals surface area (Å²) in [4.78, 5) is 28.6. The fourth-order valence-corrected chi connectivity index (χ4v) is 7.10. The van der Waals surface area contributed by atoms with E-state index >= 15 is 0 Å². The number of carbonyl (C=O) groups excluding carboxylic acids is 2. The topological polar surface area (TPSA) is 102 Å². The number of halogens is 2. The molecule has 1 unspecified atom stereocenters. The number of aliphatic hydroxyl groups is 1. The van der Waals surface area contributed by atoms with Crippen molar-refractivity contribution in [1.29, 1.82) is 0 Å². The summed E-state index contributed by atoms with van der Waals surface area (Å²) in [5, 5.41) is 21.4. The Kier molecular flexibility index (Phi) is 11.0. The van der Waals surface area contributed by atoms with Crippen LogP contribution in [-0.4, -0.2) is 40.2 Å². The largest absolute Gasteiger partial charge is 0.507 e. The number of aromatic nitrogens is 2. The van der Waals surface area contributed by atoms with Crippen LogP contribution in [0.3, 0.4) is 0 Å². The SMILES string of the molecule is CCCCOc1cccc(C2C(=C(O)c3ccc(OCCC)cc3)C(=O)C(=O)N2c2nnc(SCc3ccc(Cl)cc3Cl)s2)c1. The lowest BCUT2D eigenvalue weighted by atomic mass is 9.95. The molecule has 8 nitrogen and oxygen atoms in total. The fraction of sp³-hybridized carbons (Fsp3) is 0.273. The Labute approximate surface area is 280 Å². The smallest absolute Gasteiger partial charge is 0.301 e. The predicted octanol–water partition coefficient (Wildman–Crippen LogP) is 8.73. The molecule has 0 saturated carbocycles. The minimum atomic E-state index is -0.966. The van der Waals surface area contributed by atoms with Gasteiger partial charge in [-0.2, -0.15) is 0 Å². The average Bonchev–Trinajstić information content (AvgIpc) is 3.61. The molecule has 0 radical (unpaired) electrons. The lowest BCUT2D eigenvalue weighted by molar-refractivity contribution is -0.132. The summed E-state index contributed by atoms with van der Waals surface area (Å²) < 4.78 is 12.2. The monoisotopic (exact) mass is 683 g/mol. The zero-order chi connectivity index (χ0) is 31.9. The van der Waals surface area contributed by atoms with E-state index in [9.17, 15) is 14.7 Å². The van der Waals surface area contributed by atoms with Crippen molar-refractivity contribution in [1.82, 2.24) is 10.2 Å². The Morgan fingerprint density at radius 3 is 2.47 bits per heavy atom. The number of anilines is 1. The van der Waals surface area contributed by atoms with Gasteiger partial charge in [0.2, 0.25) is 5.13 Å². The maximum absolute atomic E-state index is 13.7. The molecule has 1 aliphatic heterocycles. The van der Waals surface area contributed by atoms with E-state index in [-0.39, 0.29) is 16.5 Å². The summed E-state index contributed by atoms with van der Waals surface area (Å²) in [6.07, 6.45) is 2.71. The summed E-state index contributed by atoms with van der Waals surface area (Å²) in [7, 11) is 0. The maximum atomic E-state index is 13.7. The number of ketones is 1. The minimum Gasteiger partial charge on any atom is -0.507 e. The first-order valence-corrected chi connectivity index (χ1v) is 17.0. The van der Waals surface area contributed by atoms with Gasteiger partial charge in [-0.25, -0.2) is 0 Å². The number of ether oxygens (including phenoxy) is 2. The number of unbranched alkanes of at least 4 members (excludes halogenated alkanes) is 1. The molecule has 5 rings (SSSR count). The van der Waals surface area contributed by atoms with Crippen LogP contribution in [-0.2, 0) is 15.3 Å². The first-order valence-electron chi connectivity index (χ1n) is 14.5. The summed E-state index contributed by atoms with van der Waals surface area (Å²) in [6.45, 7) is 5.18. The molecule has 1 aromatic heterocycles. The molecule has 0 bridgehead atoms. The van der Waals surface area contributed by atoms with Crippen LogP contribution in [0.2, 0.25) is 10.0 Å². The maximum Gasteiger partial charge on any atom is 0.301 e. The van der Waals surface area contributed by atoms with Crippen LogP contribution < -0.4 is 14.4 Å². The summed E-state index contributed by atoms with van der Waals surface area (Å²) >= 11 is 14.9. The van der Waals surface area contributed by atoms with Crippen molar-refractivity contribution in [3.8, 4) is 11.5 Å². The molecule has 234 valence electrons.